The molecule has 2 aromatic carbocycles. The van der Waals surface area contributed by atoms with Crippen LogP contribution in [0.4, 0.5) is 17.2 Å². The summed E-state index contributed by atoms with van der Waals surface area (Å²) in [5, 5.41) is 9.22. The van der Waals surface area contributed by atoms with Crippen molar-refractivity contribution in [3.8, 4) is 0 Å². The minimum absolute atomic E-state index is 0.156. The molecule has 0 radical (unpaired) electrons. The highest BCUT2D eigenvalue weighted by Gasteiger charge is 2.09. The molecular formula is C20H18ClN5O2. The maximum Gasteiger partial charge on any atom is 0.275 e. The minimum atomic E-state index is -0.371. The number of carbonyl (C=O) groups is 2. The third-order valence-corrected chi connectivity index (χ3v) is 3.99. The quantitative estimate of drug-likeness (QED) is 0.587. The van der Waals surface area contributed by atoms with E-state index in [4.69, 9.17) is 11.6 Å². The Morgan fingerprint density at radius 1 is 0.893 bits per heavy atom. The standard InChI is InChI=1S/C20H18ClN5O2/c1-13(27)25-16-6-8-17(9-7-16)26-20(28)18-11-24-19(12-22-18)23-10-14-2-4-15(21)5-3-14/h2-9,11-12H,10H2,1H3,(H,23,24)(H,25,27)(H,26,28). The van der Waals surface area contributed by atoms with Crippen LogP contribution in [0.3, 0.4) is 0 Å². The summed E-state index contributed by atoms with van der Waals surface area (Å²) in [6.45, 7) is 2.00. The van der Waals surface area contributed by atoms with Crippen LogP contribution < -0.4 is 16.0 Å². The zero-order chi connectivity index (χ0) is 19.9. The van der Waals surface area contributed by atoms with E-state index in [9.17, 15) is 9.59 Å². The minimum Gasteiger partial charge on any atom is -0.365 e. The number of nitrogens with zero attached hydrogens (tertiary/aromatic N) is 2. The molecule has 0 atom stereocenters. The van der Waals surface area contributed by atoms with Crippen molar-refractivity contribution in [2.45, 2.75) is 13.5 Å². The molecule has 0 spiro atoms. The first-order chi connectivity index (χ1) is 13.5. The van der Waals surface area contributed by atoms with Crippen molar-refractivity contribution in [2.75, 3.05) is 16.0 Å². The van der Waals surface area contributed by atoms with Gasteiger partial charge in [0.15, 0.2) is 0 Å². The second kappa shape index (κ2) is 8.96. The maximum absolute atomic E-state index is 12.3. The third kappa shape index (κ3) is 5.52. The summed E-state index contributed by atoms with van der Waals surface area (Å²) in [6.07, 6.45) is 2.91. The van der Waals surface area contributed by atoms with E-state index >= 15 is 0 Å². The molecule has 0 unspecified atom stereocenters. The van der Waals surface area contributed by atoms with Gasteiger partial charge in [-0.3, -0.25) is 9.59 Å². The second-order valence-electron chi connectivity index (χ2n) is 5.98. The fourth-order valence-electron chi connectivity index (χ4n) is 2.37. The van der Waals surface area contributed by atoms with Gasteiger partial charge in [0.25, 0.3) is 5.91 Å². The van der Waals surface area contributed by atoms with Gasteiger partial charge in [0.2, 0.25) is 5.91 Å². The van der Waals surface area contributed by atoms with Crippen molar-refractivity contribution in [3.05, 3.63) is 77.2 Å². The van der Waals surface area contributed by atoms with Crippen LogP contribution in [0.2, 0.25) is 5.02 Å². The van der Waals surface area contributed by atoms with E-state index in [2.05, 4.69) is 25.9 Å². The van der Waals surface area contributed by atoms with E-state index < -0.39 is 0 Å². The average molecular weight is 396 g/mol. The molecule has 3 aromatic rings. The molecule has 3 N–H and O–H groups in total. The molecule has 28 heavy (non-hydrogen) atoms. The lowest BCUT2D eigenvalue weighted by Gasteiger charge is -2.08. The van der Waals surface area contributed by atoms with Crippen molar-refractivity contribution >= 4 is 40.6 Å². The average Bonchev–Trinajstić information content (AvgIpc) is 2.69. The number of amides is 2. The van der Waals surface area contributed by atoms with E-state index in [0.29, 0.717) is 28.8 Å². The highest BCUT2D eigenvalue weighted by atomic mass is 35.5. The van der Waals surface area contributed by atoms with Crippen molar-refractivity contribution in [2.24, 2.45) is 0 Å². The van der Waals surface area contributed by atoms with Gasteiger partial charge >= 0.3 is 0 Å². The molecule has 2 amide bonds. The third-order valence-electron chi connectivity index (χ3n) is 3.73. The highest BCUT2D eigenvalue weighted by molar-refractivity contribution is 6.30. The summed E-state index contributed by atoms with van der Waals surface area (Å²) in [4.78, 5) is 31.7. The number of anilines is 3. The van der Waals surface area contributed by atoms with Gasteiger partial charge in [0.1, 0.15) is 11.5 Å². The summed E-state index contributed by atoms with van der Waals surface area (Å²) in [5.74, 6) is 0.0343. The van der Waals surface area contributed by atoms with Gasteiger partial charge < -0.3 is 16.0 Å². The van der Waals surface area contributed by atoms with Crippen molar-refractivity contribution in [3.63, 3.8) is 0 Å². The molecule has 7 nitrogen and oxygen atoms in total. The zero-order valence-electron chi connectivity index (χ0n) is 15.1. The number of nitrogens with one attached hydrogen (secondary N) is 3. The van der Waals surface area contributed by atoms with Crippen molar-refractivity contribution in [1.82, 2.24) is 9.97 Å². The van der Waals surface area contributed by atoms with Crippen LogP contribution in [0.25, 0.3) is 0 Å². The number of benzene rings is 2. The lowest BCUT2D eigenvalue weighted by atomic mass is 10.2. The summed E-state index contributed by atoms with van der Waals surface area (Å²) in [5.41, 5.74) is 2.49. The molecule has 0 fully saturated rings. The Labute approximate surface area is 167 Å². The molecule has 0 aliphatic carbocycles. The highest BCUT2D eigenvalue weighted by Crippen LogP contribution is 2.15. The Morgan fingerprint density at radius 3 is 2.11 bits per heavy atom. The first-order valence-electron chi connectivity index (χ1n) is 8.49. The fraction of sp³-hybridized carbons (Fsp3) is 0.100. The largest absolute Gasteiger partial charge is 0.365 e. The second-order valence-corrected chi connectivity index (χ2v) is 6.42. The first-order valence-corrected chi connectivity index (χ1v) is 8.87. The molecular weight excluding hydrogens is 378 g/mol. The van der Waals surface area contributed by atoms with Gasteiger partial charge in [0, 0.05) is 29.9 Å². The summed E-state index contributed by atoms with van der Waals surface area (Å²) in [7, 11) is 0. The monoisotopic (exact) mass is 395 g/mol. The van der Waals surface area contributed by atoms with Crippen LogP contribution in [0.5, 0.6) is 0 Å². The molecule has 142 valence electrons. The zero-order valence-corrected chi connectivity index (χ0v) is 15.8. The first kappa shape index (κ1) is 19.3. The summed E-state index contributed by atoms with van der Waals surface area (Å²) >= 11 is 5.86. The van der Waals surface area contributed by atoms with Gasteiger partial charge in [-0.25, -0.2) is 9.97 Å². The molecule has 0 saturated carbocycles. The molecule has 1 aromatic heterocycles. The lowest BCUT2D eigenvalue weighted by Crippen LogP contribution is -2.14. The number of hydrogen-bond acceptors (Lipinski definition) is 5. The van der Waals surface area contributed by atoms with E-state index in [-0.39, 0.29) is 17.5 Å². The lowest BCUT2D eigenvalue weighted by molar-refractivity contribution is -0.114. The van der Waals surface area contributed by atoms with E-state index in [1.807, 2.05) is 24.3 Å². The van der Waals surface area contributed by atoms with E-state index in [1.165, 1.54) is 19.3 Å². The van der Waals surface area contributed by atoms with Crippen molar-refractivity contribution in [1.29, 1.82) is 0 Å². The fourth-order valence-corrected chi connectivity index (χ4v) is 2.49. The smallest absolute Gasteiger partial charge is 0.275 e. The van der Waals surface area contributed by atoms with E-state index in [1.54, 1.807) is 24.3 Å². The molecule has 0 saturated heterocycles. The Bertz CT molecular complexity index is 957. The van der Waals surface area contributed by atoms with Crippen LogP contribution >= 0.6 is 11.6 Å². The maximum atomic E-state index is 12.3. The molecule has 3 rings (SSSR count). The van der Waals surface area contributed by atoms with Crippen LogP contribution in [-0.2, 0) is 11.3 Å². The number of aromatic nitrogens is 2. The normalized spacial score (nSPS) is 10.2. The summed E-state index contributed by atoms with van der Waals surface area (Å²) in [6, 6.07) is 14.3. The van der Waals surface area contributed by atoms with Gasteiger partial charge in [-0.15, -0.1) is 0 Å². The summed E-state index contributed by atoms with van der Waals surface area (Å²) < 4.78 is 0. The Hall–Kier alpha value is -3.45. The Morgan fingerprint density at radius 2 is 1.54 bits per heavy atom. The Kier molecular flexibility index (Phi) is 6.18. The molecule has 0 aliphatic heterocycles. The van der Waals surface area contributed by atoms with Gasteiger partial charge in [-0.1, -0.05) is 23.7 Å². The topological polar surface area (TPSA) is 96.0 Å². The van der Waals surface area contributed by atoms with Crippen LogP contribution in [0.1, 0.15) is 23.0 Å². The number of hydrogen-bond donors (Lipinski definition) is 3. The van der Waals surface area contributed by atoms with Crippen LogP contribution in [0, 0.1) is 0 Å². The molecule has 0 bridgehead atoms. The van der Waals surface area contributed by atoms with Crippen molar-refractivity contribution < 1.29 is 9.59 Å². The SMILES string of the molecule is CC(=O)Nc1ccc(NC(=O)c2cnc(NCc3ccc(Cl)cc3)cn2)cc1. The van der Waals surface area contributed by atoms with Crippen LogP contribution in [-0.4, -0.2) is 21.8 Å². The Balaban J connectivity index is 1.55. The number of carbonyl (C=O) groups excluding carboxylic acids is 2. The predicted octanol–water partition coefficient (Wildman–Crippen LogP) is 3.95. The number of rotatable bonds is 6. The van der Waals surface area contributed by atoms with Gasteiger partial charge in [-0.05, 0) is 42.0 Å². The van der Waals surface area contributed by atoms with Crippen LogP contribution in [0.15, 0.2) is 60.9 Å². The van der Waals surface area contributed by atoms with Gasteiger partial charge in [0.05, 0.1) is 12.4 Å². The number of halogens is 1. The molecule has 1 heterocycles. The molecule has 0 aliphatic rings. The van der Waals surface area contributed by atoms with Gasteiger partial charge in [-0.2, -0.15) is 0 Å². The molecule has 8 heteroatoms. The predicted molar refractivity (Wildman–Crippen MR) is 110 cm³/mol. The van der Waals surface area contributed by atoms with E-state index in [0.717, 1.165) is 5.56 Å².